The van der Waals surface area contributed by atoms with Gasteiger partial charge in [0.25, 0.3) is 0 Å². The Morgan fingerprint density at radius 2 is 2.05 bits per heavy atom. The second-order valence-corrected chi connectivity index (χ2v) is 4.48. The van der Waals surface area contributed by atoms with Gasteiger partial charge in [0.05, 0.1) is 6.61 Å². The molecule has 5 nitrogen and oxygen atoms in total. The summed E-state index contributed by atoms with van der Waals surface area (Å²) in [7, 11) is 1.62. The van der Waals surface area contributed by atoms with Crippen molar-refractivity contribution in [1.82, 2.24) is 10.1 Å². The van der Waals surface area contributed by atoms with Gasteiger partial charge in [0.15, 0.2) is 0 Å². The monoisotopic (exact) mass is 261 g/mol. The van der Waals surface area contributed by atoms with E-state index in [-0.39, 0.29) is 6.04 Å². The molecule has 1 atom stereocenters. The molecule has 0 amide bonds. The summed E-state index contributed by atoms with van der Waals surface area (Å²) in [6.07, 6.45) is 1.54. The van der Waals surface area contributed by atoms with E-state index < -0.39 is 0 Å². The predicted octanol–water partition coefficient (Wildman–Crippen LogP) is 1.82. The summed E-state index contributed by atoms with van der Waals surface area (Å²) >= 11 is 0. The third-order valence-corrected chi connectivity index (χ3v) is 2.91. The van der Waals surface area contributed by atoms with Crippen molar-refractivity contribution in [3.63, 3.8) is 0 Å². The summed E-state index contributed by atoms with van der Waals surface area (Å²) in [6, 6.07) is 8.02. The summed E-state index contributed by atoms with van der Waals surface area (Å²) in [6.45, 7) is 2.60. The first kappa shape index (κ1) is 13.7. The number of methoxy groups -OCH3 is 1. The first-order valence-electron chi connectivity index (χ1n) is 6.39. The van der Waals surface area contributed by atoms with Gasteiger partial charge >= 0.3 is 0 Å². The Hall–Kier alpha value is -1.72. The standard InChI is InChI=1S/C14H19N3O2/c1-3-10-4-6-11(7-5-10)14-16-13(19-17-14)8-12(15)9-18-2/h4-7,12H,3,8-9,15H2,1-2H3. The number of nitrogens with zero attached hydrogens (tertiary/aromatic N) is 2. The van der Waals surface area contributed by atoms with E-state index >= 15 is 0 Å². The molecular weight excluding hydrogens is 242 g/mol. The lowest BCUT2D eigenvalue weighted by Crippen LogP contribution is -2.28. The second kappa shape index (κ2) is 6.45. The van der Waals surface area contributed by atoms with E-state index in [4.69, 9.17) is 15.0 Å². The fourth-order valence-electron chi connectivity index (χ4n) is 1.84. The molecule has 1 unspecified atom stereocenters. The highest BCUT2D eigenvalue weighted by Gasteiger charge is 2.12. The fourth-order valence-corrected chi connectivity index (χ4v) is 1.84. The maximum Gasteiger partial charge on any atom is 0.228 e. The Labute approximate surface area is 112 Å². The number of benzene rings is 1. The molecule has 0 fully saturated rings. The molecule has 1 heterocycles. The predicted molar refractivity (Wildman–Crippen MR) is 72.7 cm³/mol. The van der Waals surface area contributed by atoms with Gasteiger partial charge in [0.2, 0.25) is 11.7 Å². The molecular formula is C14H19N3O2. The van der Waals surface area contributed by atoms with Gasteiger partial charge in [-0.1, -0.05) is 36.3 Å². The van der Waals surface area contributed by atoms with Crippen molar-refractivity contribution in [3.05, 3.63) is 35.7 Å². The van der Waals surface area contributed by atoms with Crippen LogP contribution in [-0.2, 0) is 17.6 Å². The number of rotatable bonds is 6. The maximum atomic E-state index is 5.85. The first-order chi connectivity index (χ1) is 9.22. The van der Waals surface area contributed by atoms with E-state index in [1.54, 1.807) is 7.11 Å². The van der Waals surface area contributed by atoms with Crippen molar-refractivity contribution >= 4 is 0 Å². The van der Waals surface area contributed by atoms with Crippen LogP contribution in [0.5, 0.6) is 0 Å². The summed E-state index contributed by atoms with van der Waals surface area (Å²) in [5.41, 5.74) is 8.09. The van der Waals surface area contributed by atoms with E-state index in [1.807, 2.05) is 12.1 Å². The third-order valence-electron chi connectivity index (χ3n) is 2.91. The van der Waals surface area contributed by atoms with Gasteiger partial charge in [-0.3, -0.25) is 0 Å². The molecule has 5 heteroatoms. The van der Waals surface area contributed by atoms with Crippen molar-refractivity contribution in [2.24, 2.45) is 5.73 Å². The lowest BCUT2D eigenvalue weighted by Gasteiger charge is -2.05. The number of aromatic nitrogens is 2. The molecule has 0 saturated heterocycles. The number of hydrogen-bond donors (Lipinski definition) is 1. The number of nitrogens with two attached hydrogens (primary N) is 1. The fraction of sp³-hybridized carbons (Fsp3) is 0.429. The van der Waals surface area contributed by atoms with Gasteiger partial charge in [-0.2, -0.15) is 4.98 Å². The van der Waals surface area contributed by atoms with Crippen molar-refractivity contribution in [3.8, 4) is 11.4 Å². The molecule has 2 aromatic rings. The SMILES string of the molecule is CCc1ccc(-c2noc(CC(N)COC)n2)cc1. The lowest BCUT2D eigenvalue weighted by atomic mass is 10.1. The third kappa shape index (κ3) is 3.62. The Bertz CT molecular complexity index is 508. The smallest absolute Gasteiger partial charge is 0.228 e. The minimum absolute atomic E-state index is 0.124. The maximum absolute atomic E-state index is 5.85. The van der Waals surface area contributed by atoms with Crippen LogP contribution in [0.25, 0.3) is 11.4 Å². The van der Waals surface area contributed by atoms with Crippen LogP contribution in [0.3, 0.4) is 0 Å². The molecule has 0 aliphatic rings. The summed E-state index contributed by atoms with van der Waals surface area (Å²) in [4.78, 5) is 4.34. The van der Waals surface area contributed by atoms with Gasteiger partial charge in [-0.15, -0.1) is 0 Å². The highest BCUT2D eigenvalue weighted by molar-refractivity contribution is 5.54. The van der Waals surface area contributed by atoms with E-state index in [9.17, 15) is 0 Å². The topological polar surface area (TPSA) is 74.2 Å². The first-order valence-corrected chi connectivity index (χ1v) is 6.39. The molecule has 1 aromatic carbocycles. The van der Waals surface area contributed by atoms with E-state index in [0.29, 0.717) is 24.7 Å². The summed E-state index contributed by atoms with van der Waals surface area (Å²) in [5, 5.41) is 3.97. The van der Waals surface area contributed by atoms with E-state index in [2.05, 4.69) is 29.2 Å². The normalized spacial score (nSPS) is 12.6. The molecule has 0 radical (unpaired) electrons. The quantitative estimate of drug-likeness (QED) is 0.858. The van der Waals surface area contributed by atoms with Crippen LogP contribution in [-0.4, -0.2) is 29.9 Å². The van der Waals surface area contributed by atoms with Gasteiger partial charge in [-0.05, 0) is 12.0 Å². The van der Waals surface area contributed by atoms with Crippen molar-refractivity contribution in [2.45, 2.75) is 25.8 Å². The minimum atomic E-state index is -0.124. The van der Waals surface area contributed by atoms with Crippen LogP contribution < -0.4 is 5.73 Å². The van der Waals surface area contributed by atoms with Gasteiger partial charge in [-0.25, -0.2) is 0 Å². The minimum Gasteiger partial charge on any atom is -0.383 e. The zero-order chi connectivity index (χ0) is 13.7. The van der Waals surface area contributed by atoms with Crippen LogP contribution in [0, 0.1) is 0 Å². The van der Waals surface area contributed by atoms with E-state index in [1.165, 1.54) is 5.56 Å². The highest BCUT2D eigenvalue weighted by atomic mass is 16.5. The van der Waals surface area contributed by atoms with Gasteiger partial charge in [0, 0.05) is 25.1 Å². The Kier molecular flexibility index (Phi) is 4.65. The Balaban J connectivity index is 2.07. The number of aryl methyl sites for hydroxylation is 1. The van der Waals surface area contributed by atoms with Gasteiger partial charge in [0.1, 0.15) is 0 Å². The lowest BCUT2D eigenvalue weighted by molar-refractivity contribution is 0.176. The Morgan fingerprint density at radius 3 is 2.68 bits per heavy atom. The zero-order valence-corrected chi connectivity index (χ0v) is 11.3. The molecule has 19 heavy (non-hydrogen) atoms. The molecule has 1 aromatic heterocycles. The highest BCUT2D eigenvalue weighted by Crippen LogP contribution is 2.17. The van der Waals surface area contributed by atoms with Crippen molar-refractivity contribution in [2.75, 3.05) is 13.7 Å². The number of hydrogen-bond acceptors (Lipinski definition) is 5. The summed E-state index contributed by atoms with van der Waals surface area (Å²) < 4.78 is 10.2. The van der Waals surface area contributed by atoms with Crippen LogP contribution in [0.2, 0.25) is 0 Å². The molecule has 2 rings (SSSR count). The van der Waals surface area contributed by atoms with Crippen LogP contribution in [0.15, 0.2) is 28.8 Å². The molecule has 0 aliphatic carbocycles. The second-order valence-electron chi connectivity index (χ2n) is 4.48. The Morgan fingerprint density at radius 1 is 1.32 bits per heavy atom. The zero-order valence-electron chi connectivity index (χ0n) is 11.3. The molecule has 2 N–H and O–H groups in total. The van der Waals surface area contributed by atoms with Crippen LogP contribution >= 0.6 is 0 Å². The van der Waals surface area contributed by atoms with E-state index in [0.717, 1.165) is 12.0 Å². The molecule has 102 valence electrons. The van der Waals surface area contributed by atoms with Gasteiger partial charge < -0.3 is 15.0 Å². The molecule has 0 bridgehead atoms. The van der Waals surface area contributed by atoms with Crippen molar-refractivity contribution < 1.29 is 9.26 Å². The molecule has 0 saturated carbocycles. The summed E-state index contributed by atoms with van der Waals surface area (Å²) in [5.74, 6) is 1.14. The average molecular weight is 261 g/mol. The molecule has 0 aliphatic heterocycles. The molecule has 0 spiro atoms. The van der Waals surface area contributed by atoms with Crippen LogP contribution in [0.4, 0.5) is 0 Å². The largest absolute Gasteiger partial charge is 0.383 e. The average Bonchev–Trinajstić information content (AvgIpc) is 2.87. The number of ether oxygens (including phenoxy) is 1. The van der Waals surface area contributed by atoms with Crippen LogP contribution in [0.1, 0.15) is 18.4 Å². The van der Waals surface area contributed by atoms with Crippen molar-refractivity contribution in [1.29, 1.82) is 0 Å².